The van der Waals surface area contributed by atoms with Crippen LogP contribution in [0.25, 0.3) is 0 Å². The molecular formula is C22H37NO7. The van der Waals surface area contributed by atoms with Gasteiger partial charge in [-0.1, -0.05) is 64.7 Å². The molecule has 1 rings (SSSR count). The van der Waals surface area contributed by atoms with Crippen LogP contribution in [0.2, 0.25) is 0 Å². The van der Waals surface area contributed by atoms with Crippen LogP contribution >= 0.6 is 0 Å². The average molecular weight is 428 g/mol. The third-order valence-electron chi connectivity index (χ3n) is 5.22. The third kappa shape index (κ3) is 10.7. The van der Waals surface area contributed by atoms with Gasteiger partial charge in [-0.2, -0.15) is 0 Å². The van der Waals surface area contributed by atoms with E-state index in [2.05, 4.69) is 6.92 Å². The first kappa shape index (κ1) is 26.1. The molecule has 1 aliphatic rings. The highest BCUT2D eigenvalue weighted by atomic mass is 16.6. The molecule has 0 aromatic rings. The van der Waals surface area contributed by atoms with Crippen LogP contribution in [0.3, 0.4) is 0 Å². The van der Waals surface area contributed by atoms with Crippen molar-refractivity contribution in [2.24, 2.45) is 5.73 Å². The molecule has 1 heterocycles. The summed E-state index contributed by atoms with van der Waals surface area (Å²) in [4.78, 5) is 34.3. The number of aliphatic hydroxyl groups excluding tert-OH is 1. The van der Waals surface area contributed by atoms with E-state index in [0.29, 0.717) is 6.42 Å². The van der Waals surface area contributed by atoms with Crippen molar-refractivity contribution < 1.29 is 34.1 Å². The fraction of sp³-hybridized carbons (Fsp3) is 0.773. The Labute approximate surface area is 178 Å². The van der Waals surface area contributed by atoms with Gasteiger partial charge in [-0.15, -0.1) is 0 Å². The number of aliphatic hydroxyl groups is 1. The molecule has 0 saturated heterocycles. The van der Waals surface area contributed by atoms with Gasteiger partial charge in [0.1, 0.15) is 12.1 Å². The van der Waals surface area contributed by atoms with Crippen LogP contribution in [0.5, 0.6) is 0 Å². The van der Waals surface area contributed by atoms with Crippen LogP contribution < -0.4 is 5.73 Å². The molecule has 172 valence electrons. The van der Waals surface area contributed by atoms with Gasteiger partial charge in [0.25, 0.3) is 0 Å². The van der Waals surface area contributed by atoms with E-state index in [1.54, 1.807) is 0 Å². The van der Waals surface area contributed by atoms with Crippen molar-refractivity contribution in [1.82, 2.24) is 0 Å². The number of esters is 2. The highest BCUT2D eigenvalue weighted by Crippen LogP contribution is 2.24. The van der Waals surface area contributed by atoms with Gasteiger partial charge >= 0.3 is 17.9 Å². The van der Waals surface area contributed by atoms with Gasteiger partial charge in [0.15, 0.2) is 0 Å². The smallest absolute Gasteiger partial charge is 0.333 e. The summed E-state index contributed by atoms with van der Waals surface area (Å²) in [5.74, 6) is -2.48. The maximum absolute atomic E-state index is 12.2. The molecule has 30 heavy (non-hydrogen) atoms. The number of carboxylic acids is 1. The summed E-state index contributed by atoms with van der Waals surface area (Å²) >= 11 is 0. The van der Waals surface area contributed by atoms with Gasteiger partial charge in [-0.25, -0.2) is 4.79 Å². The van der Waals surface area contributed by atoms with Gasteiger partial charge in [-0.3, -0.25) is 9.59 Å². The maximum atomic E-state index is 12.2. The number of nitrogens with two attached hydrogens (primary N) is 1. The molecule has 0 bridgehead atoms. The van der Waals surface area contributed by atoms with E-state index in [-0.39, 0.29) is 18.4 Å². The fourth-order valence-electron chi connectivity index (χ4n) is 3.41. The predicted molar refractivity (Wildman–Crippen MR) is 111 cm³/mol. The van der Waals surface area contributed by atoms with Crippen LogP contribution in [-0.2, 0) is 23.9 Å². The summed E-state index contributed by atoms with van der Waals surface area (Å²) in [6.45, 7) is 2.21. The maximum Gasteiger partial charge on any atom is 0.333 e. The number of aliphatic carboxylic acids is 1. The van der Waals surface area contributed by atoms with Gasteiger partial charge in [0.2, 0.25) is 6.29 Å². The molecule has 8 heteroatoms. The number of carbonyl (C=O) groups is 3. The van der Waals surface area contributed by atoms with Crippen molar-refractivity contribution in [2.45, 2.75) is 109 Å². The Hall–Kier alpha value is -1.93. The summed E-state index contributed by atoms with van der Waals surface area (Å²) in [5, 5.41) is 18.6. The molecule has 0 aromatic carbocycles. The fourth-order valence-corrected chi connectivity index (χ4v) is 3.41. The van der Waals surface area contributed by atoms with E-state index in [0.717, 1.165) is 31.8 Å². The van der Waals surface area contributed by atoms with Gasteiger partial charge in [-0.05, 0) is 19.3 Å². The Balaban J connectivity index is 2.42. The lowest BCUT2D eigenvalue weighted by atomic mass is 10.0. The molecule has 0 saturated carbocycles. The van der Waals surface area contributed by atoms with Crippen LogP contribution in [-0.4, -0.2) is 46.6 Å². The summed E-state index contributed by atoms with van der Waals surface area (Å²) in [7, 11) is 0. The SMILES string of the molecule is CCCCCCCCCCCCC(OC(=O)[C@@H](N)CCC(=O)O)C1=CC(=O)OC1O. The van der Waals surface area contributed by atoms with Crippen LogP contribution in [0.1, 0.15) is 90.4 Å². The normalized spacial score (nSPS) is 17.9. The molecule has 0 fully saturated rings. The summed E-state index contributed by atoms with van der Waals surface area (Å²) in [5.41, 5.74) is 5.91. The lowest BCUT2D eigenvalue weighted by molar-refractivity contribution is -0.155. The Bertz CT molecular complexity index is 576. The zero-order valence-corrected chi connectivity index (χ0v) is 18.0. The predicted octanol–water partition coefficient (Wildman–Crippen LogP) is 3.20. The Kier molecular flexibility index (Phi) is 13.0. The minimum absolute atomic E-state index is 0.0455. The first-order chi connectivity index (χ1) is 14.3. The summed E-state index contributed by atoms with van der Waals surface area (Å²) in [6.07, 6.45) is 10.6. The van der Waals surface area contributed by atoms with E-state index < -0.39 is 36.3 Å². The third-order valence-corrected chi connectivity index (χ3v) is 5.22. The van der Waals surface area contributed by atoms with Crippen LogP contribution in [0, 0.1) is 0 Å². The second-order valence-corrected chi connectivity index (χ2v) is 7.87. The molecule has 2 unspecified atom stereocenters. The quantitative estimate of drug-likeness (QED) is 0.238. The van der Waals surface area contributed by atoms with Crippen LogP contribution in [0.15, 0.2) is 11.6 Å². The number of unbranched alkanes of at least 4 members (excludes halogenated alkanes) is 9. The lowest BCUT2D eigenvalue weighted by Crippen LogP contribution is -2.37. The Morgan fingerprint density at radius 3 is 2.13 bits per heavy atom. The number of carbonyl (C=O) groups excluding carboxylic acids is 2. The lowest BCUT2D eigenvalue weighted by Gasteiger charge is -2.22. The second kappa shape index (κ2) is 15.0. The zero-order chi connectivity index (χ0) is 22.4. The zero-order valence-electron chi connectivity index (χ0n) is 18.0. The summed E-state index contributed by atoms with van der Waals surface area (Å²) < 4.78 is 10.1. The largest absolute Gasteiger partial charge is 0.481 e. The molecule has 4 N–H and O–H groups in total. The molecule has 0 radical (unpaired) electrons. The monoisotopic (exact) mass is 427 g/mol. The molecule has 1 aliphatic heterocycles. The van der Waals surface area contributed by atoms with Gasteiger partial charge < -0.3 is 25.4 Å². The van der Waals surface area contributed by atoms with E-state index in [9.17, 15) is 19.5 Å². The molecule has 0 amide bonds. The minimum atomic E-state index is -1.44. The van der Waals surface area contributed by atoms with Crippen molar-refractivity contribution in [3.05, 3.63) is 11.6 Å². The Morgan fingerprint density at radius 2 is 1.63 bits per heavy atom. The second-order valence-electron chi connectivity index (χ2n) is 7.87. The first-order valence-corrected chi connectivity index (χ1v) is 11.1. The molecule has 0 aromatic heterocycles. The number of carboxylic acid groups (broad SMARTS) is 1. The van der Waals surface area contributed by atoms with E-state index >= 15 is 0 Å². The molecular weight excluding hydrogens is 390 g/mol. The summed E-state index contributed by atoms with van der Waals surface area (Å²) in [6, 6.07) is -1.08. The average Bonchev–Trinajstić information content (AvgIpc) is 3.04. The van der Waals surface area contributed by atoms with Gasteiger partial charge in [0, 0.05) is 18.1 Å². The van der Waals surface area contributed by atoms with E-state index in [1.807, 2.05) is 0 Å². The number of hydrogen-bond acceptors (Lipinski definition) is 7. The Morgan fingerprint density at radius 1 is 1.07 bits per heavy atom. The molecule has 8 nitrogen and oxygen atoms in total. The van der Waals surface area contributed by atoms with Crippen molar-refractivity contribution in [1.29, 1.82) is 0 Å². The van der Waals surface area contributed by atoms with E-state index in [4.69, 9.17) is 20.3 Å². The molecule has 3 atom stereocenters. The highest BCUT2D eigenvalue weighted by molar-refractivity contribution is 5.86. The molecule has 0 spiro atoms. The number of rotatable bonds is 17. The first-order valence-electron chi connectivity index (χ1n) is 11.1. The highest BCUT2D eigenvalue weighted by Gasteiger charge is 2.33. The van der Waals surface area contributed by atoms with Gasteiger partial charge in [0.05, 0.1) is 0 Å². The van der Waals surface area contributed by atoms with E-state index in [1.165, 1.54) is 38.5 Å². The van der Waals surface area contributed by atoms with Crippen molar-refractivity contribution in [2.75, 3.05) is 0 Å². The topological polar surface area (TPSA) is 136 Å². The minimum Gasteiger partial charge on any atom is -0.481 e. The van der Waals surface area contributed by atoms with Crippen molar-refractivity contribution in [3.63, 3.8) is 0 Å². The van der Waals surface area contributed by atoms with Crippen molar-refractivity contribution >= 4 is 17.9 Å². The number of ether oxygens (including phenoxy) is 2. The van der Waals surface area contributed by atoms with Crippen LogP contribution in [0.4, 0.5) is 0 Å². The van der Waals surface area contributed by atoms with Crippen molar-refractivity contribution in [3.8, 4) is 0 Å². The number of cyclic esters (lactones) is 1. The standard InChI is InChI=1S/C22H37NO7/c1-2-3-4-5-6-7-8-9-10-11-12-18(16-15-20(26)30-21(16)27)29-22(28)17(23)13-14-19(24)25/h15,17-18,21,27H,2-14,23H2,1H3,(H,24,25)/t17-,18?,21?/m0/s1. The number of hydrogen-bond donors (Lipinski definition) is 3. The molecule has 0 aliphatic carbocycles.